The molecule has 3 aliphatic rings. The van der Waals surface area contributed by atoms with Gasteiger partial charge in [-0.1, -0.05) is 48.5 Å². The number of imidazole rings is 1. The third-order valence-electron chi connectivity index (χ3n) is 8.65. The first-order valence-corrected chi connectivity index (χ1v) is 16.6. The van der Waals surface area contributed by atoms with E-state index in [0.29, 0.717) is 31.0 Å². The van der Waals surface area contributed by atoms with Crippen molar-refractivity contribution < 1.29 is 29.3 Å². The van der Waals surface area contributed by atoms with Gasteiger partial charge in [-0.2, -0.15) is 0 Å². The Hall–Kier alpha value is -4.42. The van der Waals surface area contributed by atoms with Gasteiger partial charge in [0.25, 0.3) is 0 Å². The number of aliphatic imine (C=N–C) groups is 1. The molecule has 0 radical (unpaired) electrons. The number of ether oxygens (including phenoxy) is 2. The van der Waals surface area contributed by atoms with E-state index in [9.17, 15) is 19.8 Å². The van der Waals surface area contributed by atoms with Crippen molar-refractivity contribution in [3.05, 3.63) is 66.1 Å². The molecule has 0 aliphatic carbocycles. The number of hydrogen-bond donors (Lipinski definition) is 4. The Bertz CT molecular complexity index is 1660. The van der Waals surface area contributed by atoms with Gasteiger partial charge < -0.3 is 30.0 Å². The minimum Gasteiger partial charge on any atom is -0.444 e. The average Bonchev–Trinajstić information content (AvgIpc) is 3.81. The number of benzene rings is 2. The van der Waals surface area contributed by atoms with Crippen molar-refractivity contribution in [2.75, 3.05) is 19.6 Å². The molecule has 48 heavy (non-hydrogen) atoms. The minimum atomic E-state index is -0.642. The van der Waals surface area contributed by atoms with Crippen LogP contribution in [0.15, 0.2) is 59.7 Å². The maximum Gasteiger partial charge on any atom is 0.411 e. The molecule has 4 N–H and O–H groups in total. The highest BCUT2D eigenvalue weighted by Crippen LogP contribution is 2.34. The number of carbonyl (C=O) groups excluding carboxylic acids is 2. The van der Waals surface area contributed by atoms with Gasteiger partial charge in [0.1, 0.15) is 22.9 Å². The van der Waals surface area contributed by atoms with Crippen LogP contribution in [0.3, 0.4) is 0 Å². The molecular formula is C36H46N6O6. The predicted octanol–water partition coefficient (Wildman–Crippen LogP) is 5.20. The summed E-state index contributed by atoms with van der Waals surface area (Å²) < 4.78 is 11.1. The van der Waals surface area contributed by atoms with E-state index < -0.39 is 41.6 Å². The molecule has 1 aromatic heterocycles. The Morgan fingerprint density at radius 1 is 0.771 bits per heavy atom. The number of amidine groups is 1. The van der Waals surface area contributed by atoms with E-state index in [-0.39, 0.29) is 25.2 Å². The van der Waals surface area contributed by atoms with Crippen molar-refractivity contribution in [2.24, 2.45) is 4.99 Å². The summed E-state index contributed by atoms with van der Waals surface area (Å²) in [6, 6.07) is 15.7. The normalized spacial score (nSPS) is 24.4. The number of rotatable bonds is 5. The number of nitrogens with zero attached hydrogens (tertiary/aromatic N) is 4. The van der Waals surface area contributed by atoms with Gasteiger partial charge in [-0.05, 0) is 63.8 Å². The molecule has 4 heterocycles. The number of nitrogens with one attached hydrogen (secondary N) is 2. The molecule has 2 fully saturated rings. The Morgan fingerprint density at radius 3 is 1.83 bits per heavy atom. The van der Waals surface area contributed by atoms with E-state index in [0.717, 1.165) is 27.9 Å². The lowest BCUT2D eigenvalue weighted by Crippen LogP contribution is -2.46. The van der Waals surface area contributed by atoms with Crippen molar-refractivity contribution in [2.45, 2.75) is 95.9 Å². The van der Waals surface area contributed by atoms with Crippen LogP contribution < -0.4 is 5.32 Å². The van der Waals surface area contributed by atoms with E-state index in [1.54, 1.807) is 11.1 Å². The maximum absolute atomic E-state index is 12.8. The summed E-state index contributed by atoms with van der Waals surface area (Å²) >= 11 is 0. The lowest BCUT2D eigenvalue weighted by Gasteiger charge is -2.28. The van der Waals surface area contributed by atoms with E-state index >= 15 is 0 Å². The van der Waals surface area contributed by atoms with Crippen molar-refractivity contribution >= 4 is 18.0 Å². The zero-order valence-electron chi connectivity index (χ0n) is 28.4. The fraction of sp³-hybridized carbons (Fsp3) is 0.500. The molecule has 5 atom stereocenters. The number of aliphatic hydroxyl groups excluding tert-OH is 2. The van der Waals surface area contributed by atoms with Crippen LogP contribution in [0.1, 0.15) is 77.9 Å². The summed E-state index contributed by atoms with van der Waals surface area (Å²) in [5.41, 5.74) is 3.72. The van der Waals surface area contributed by atoms with Crippen LogP contribution in [-0.2, 0) is 9.47 Å². The average molecular weight is 659 g/mol. The van der Waals surface area contributed by atoms with Gasteiger partial charge in [-0.3, -0.25) is 14.8 Å². The molecule has 6 rings (SSSR count). The predicted molar refractivity (Wildman–Crippen MR) is 181 cm³/mol. The van der Waals surface area contributed by atoms with Crippen LogP contribution in [0.4, 0.5) is 9.59 Å². The fourth-order valence-electron chi connectivity index (χ4n) is 6.44. The Labute approximate surface area is 281 Å². The molecule has 0 saturated carbocycles. The summed E-state index contributed by atoms with van der Waals surface area (Å²) in [5, 5.41) is 24.1. The number of carbonyl (C=O) groups is 2. The van der Waals surface area contributed by atoms with Crippen LogP contribution in [0.5, 0.6) is 0 Å². The third kappa shape index (κ3) is 7.50. The van der Waals surface area contributed by atoms with Gasteiger partial charge in [0.15, 0.2) is 0 Å². The number of aliphatic hydroxyl groups is 2. The molecule has 0 bridgehead atoms. The Balaban J connectivity index is 1.08. The summed E-state index contributed by atoms with van der Waals surface area (Å²) in [7, 11) is 0. The zero-order valence-corrected chi connectivity index (χ0v) is 28.4. The van der Waals surface area contributed by atoms with Crippen molar-refractivity contribution in [3.63, 3.8) is 0 Å². The molecule has 12 heteroatoms. The van der Waals surface area contributed by atoms with Gasteiger partial charge in [-0.15, -0.1) is 0 Å². The van der Waals surface area contributed by atoms with Gasteiger partial charge in [0.05, 0.1) is 61.9 Å². The SMILES string of the molecule is CC(C)(C)OC(=O)N1C[C@@H](O)C[C@H]1C1=NCC(c2ccc(-c3ccc(-c4cnc([C@@H]5C[C@H](O)CN5C(=O)OC(C)(C)C)[nH]4)cc3)cc2)N1. The maximum atomic E-state index is 12.8. The lowest BCUT2D eigenvalue weighted by atomic mass is 9.99. The quantitative estimate of drug-likeness (QED) is 0.292. The van der Waals surface area contributed by atoms with Gasteiger partial charge in [0.2, 0.25) is 0 Å². The highest BCUT2D eigenvalue weighted by atomic mass is 16.6. The first-order chi connectivity index (χ1) is 22.6. The van der Waals surface area contributed by atoms with Crippen LogP contribution in [-0.4, -0.2) is 97.1 Å². The van der Waals surface area contributed by atoms with Gasteiger partial charge >= 0.3 is 12.2 Å². The molecule has 2 aromatic carbocycles. The van der Waals surface area contributed by atoms with Crippen molar-refractivity contribution in [1.82, 2.24) is 25.1 Å². The summed E-state index contributed by atoms with van der Waals surface area (Å²) in [4.78, 5) is 41.3. The highest BCUT2D eigenvalue weighted by Gasteiger charge is 2.42. The zero-order chi connectivity index (χ0) is 34.4. The molecule has 256 valence electrons. The molecule has 2 saturated heterocycles. The second kappa shape index (κ2) is 12.9. The van der Waals surface area contributed by atoms with Crippen LogP contribution in [0.25, 0.3) is 22.4 Å². The van der Waals surface area contributed by atoms with Crippen molar-refractivity contribution in [3.8, 4) is 22.4 Å². The van der Waals surface area contributed by atoms with E-state index in [2.05, 4.69) is 51.7 Å². The molecule has 3 aromatic rings. The van der Waals surface area contributed by atoms with Crippen LogP contribution in [0, 0.1) is 0 Å². The highest BCUT2D eigenvalue weighted by molar-refractivity contribution is 5.92. The molecular weight excluding hydrogens is 612 g/mol. The number of aromatic amines is 1. The number of likely N-dealkylation sites (tertiary alicyclic amines) is 2. The monoisotopic (exact) mass is 658 g/mol. The second-order valence-corrected chi connectivity index (χ2v) is 14.9. The lowest BCUT2D eigenvalue weighted by molar-refractivity contribution is 0.0199. The molecule has 12 nitrogen and oxygen atoms in total. The first-order valence-electron chi connectivity index (χ1n) is 16.6. The molecule has 2 amide bonds. The van der Waals surface area contributed by atoms with E-state index in [1.165, 1.54) is 4.90 Å². The number of hydrogen-bond acceptors (Lipinski definition) is 9. The largest absolute Gasteiger partial charge is 0.444 e. The smallest absolute Gasteiger partial charge is 0.411 e. The molecule has 3 aliphatic heterocycles. The second-order valence-electron chi connectivity index (χ2n) is 14.9. The van der Waals surface area contributed by atoms with Gasteiger partial charge in [-0.25, -0.2) is 14.6 Å². The summed E-state index contributed by atoms with van der Waals surface area (Å²) in [6.45, 7) is 11.9. The first kappa shape index (κ1) is 33.5. The molecule has 0 spiro atoms. The number of β-amino-alcohol motifs (C(OH)–C–C–N with tert-alkyl or cyclic N) is 2. The van der Waals surface area contributed by atoms with Crippen molar-refractivity contribution in [1.29, 1.82) is 0 Å². The van der Waals surface area contributed by atoms with E-state index in [1.807, 2.05) is 53.7 Å². The van der Waals surface area contributed by atoms with Crippen LogP contribution in [0.2, 0.25) is 0 Å². The summed E-state index contributed by atoms with van der Waals surface area (Å²) in [6.07, 6.45) is 0.381. The third-order valence-corrected chi connectivity index (χ3v) is 8.65. The summed E-state index contributed by atoms with van der Waals surface area (Å²) in [5.74, 6) is 1.31. The fourth-order valence-corrected chi connectivity index (χ4v) is 6.44. The topological polar surface area (TPSA) is 153 Å². The molecule has 1 unspecified atom stereocenters. The number of amides is 2. The van der Waals surface area contributed by atoms with Gasteiger partial charge in [0, 0.05) is 12.8 Å². The standard InChI is InChI=1S/C36H46N6O6/c1-35(2,3)47-33(45)41-19-25(43)15-29(41)31-37-17-27(39-31)23-11-7-21(8-12-23)22-9-13-24(14-10-22)28-18-38-32(40-28)30-16-26(44)20-42(30)34(46)48-36(4,5)6/h7-14,17,25-26,28-30,43-44H,15-16,18-20H2,1-6H3,(H,37,39)(H,38,40)/t25-,26-,28?,29-,30-/m0/s1. The number of H-pyrrole nitrogens is 1. The Morgan fingerprint density at radius 2 is 1.27 bits per heavy atom. The van der Waals surface area contributed by atoms with Crippen LogP contribution >= 0.6 is 0 Å². The number of aromatic nitrogens is 2. The Kier molecular flexibility index (Phi) is 8.99. The van der Waals surface area contributed by atoms with E-state index in [4.69, 9.17) is 14.5 Å². The minimum absolute atomic E-state index is 0.0311.